The maximum absolute atomic E-state index is 13.1. The molecule has 0 saturated carbocycles. The minimum absolute atomic E-state index is 0.168. The van der Waals surface area contributed by atoms with Crippen molar-refractivity contribution in [2.45, 2.75) is 6.04 Å². The van der Waals surface area contributed by atoms with E-state index in [0.717, 1.165) is 35.4 Å². The van der Waals surface area contributed by atoms with E-state index >= 15 is 0 Å². The summed E-state index contributed by atoms with van der Waals surface area (Å²) in [5, 5.41) is 4.02. The fourth-order valence-corrected chi connectivity index (χ4v) is 4.31. The quantitative estimate of drug-likeness (QED) is 0.449. The molecule has 1 saturated heterocycles. The van der Waals surface area contributed by atoms with Gasteiger partial charge in [-0.3, -0.25) is 9.69 Å². The number of morpholine rings is 1. The summed E-state index contributed by atoms with van der Waals surface area (Å²) in [6.45, 7) is 2.83. The van der Waals surface area contributed by atoms with Crippen molar-refractivity contribution >= 4 is 22.6 Å². The van der Waals surface area contributed by atoms with Gasteiger partial charge < -0.3 is 19.2 Å². The van der Waals surface area contributed by atoms with Crippen molar-refractivity contribution < 1.29 is 18.7 Å². The molecule has 1 aliphatic heterocycles. The van der Waals surface area contributed by atoms with Crippen molar-refractivity contribution in [2.24, 2.45) is 0 Å². The molecule has 6 nitrogen and oxygen atoms in total. The molecule has 5 rings (SSSR count). The lowest BCUT2D eigenvalue weighted by atomic mass is 10.00. The molecule has 1 unspecified atom stereocenters. The molecule has 0 spiro atoms. The van der Waals surface area contributed by atoms with Gasteiger partial charge in [-0.25, -0.2) is 0 Å². The Bertz CT molecular complexity index is 1230. The Morgan fingerprint density at radius 1 is 0.939 bits per heavy atom. The number of nitrogens with one attached hydrogen (secondary N) is 1. The number of amides is 1. The van der Waals surface area contributed by atoms with E-state index in [1.807, 2.05) is 54.6 Å². The van der Waals surface area contributed by atoms with Gasteiger partial charge >= 0.3 is 0 Å². The zero-order chi connectivity index (χ0) is 22.6. The number of anilines is 1. The number of methoxy groups -OCH3 is 1. The van der Waals surface area contributed by atoms with E-state index in [0.29, 0.717) is 30.2 Å². The molecule has 1 aliphatic rings. The summed E-state index contributed by atoms with van der Waals surface area (Å²) in [5.74, 6) is 1.34. The number of hydrogen-bond acceptors (Lipinski definition) is 5. The van der Waals surface area contributed by atoms with Gasteiger partial charge in [-0.05, 0) is 42.0 Å². The Morgan fingerprint density at radius 3 is 2.36 bits per heavy atom. The number of rotatable bonds is 6. The largest absolute Gasteiger partial charge is 0.497 e. The average Bonchev–Trinajstić information content (AvgIpc) is 3.23. The smallest absolute Gasteiger partial charge is 0.255 e. The van der Waals surface area contributed by atoms with Gasteiger partial charge in [0.2, 0.25) is 0 Å². The molecule has 1 amide bonds. The molecule has 0 aliphatic carbocycles. The second-order valence-electron chi connectivity index (χ2n) is 7.98. The summed E-state index contributed by atoms with van der Waals surface area (Å²) >= 11 is 0. The van der Waals surface area contributed by atoms with E-state index in [4.69, 9.17) is 13.9 Å². The third-order valence-corrected chi connectivity index (χ3v) is 5.99. The fourth-order valence-electron chi connectivity index (χ4n) is 4.31. The lowest BCUT2D eigenvalue weighted by Gasteiger charge is -2.34. The number of carbonyl (C=O) groups is 1. The summed E-state index contributed by atoms with van der Waals surface area (Å²) < 4.78 is 17.4. The number of benzene rings is 3. The van der Waals surface area contributed by atoms with E-state index < -0.39 is 0 Å². The fraction of sp³-hybridized carbons (Fsp3) is 0.222. The molecule has 6 heteroatoms. The van der Waals surface area contributed by atoms with Crippen molar-refractivity contribution in [3.8, 4) is 5.75 Å². The first-order valence-electron chi connectivity index (χ1n) is 11.1. The molecule has 3 aromatic carbocycles. The van der Waals surface area contributed by atoms with Crippen molar-refractivity contribution in [1.29, 1.82) is 0 Å². The van der Waals surface area contributed by atoms with Crippen LogP contribution >= 0.6 is 0 Å². The van der Waals surface area contributed by atoms with Gasteiger partial charge in [-0.15, -0.1) is 0 Å². The van der Waals surface area contributed by atoms with Crippen LogP contribution in [-0.4, -0.2) is 44.2 Å². The van der Waals surface area contributed by atoms with E-state index in [2.05, 4.69) is 22.3 Å². The van der Waals surface area contributed by atoms with Crippen LogP contribution in [0.3, 0.4) is 0 Å². The van der Waals surface area contributed by atoms with Crippen LogP contribution in [0.2, 0.25) is 0 Å². The Balaban J connectivity index is 1.62. The molecule has 4 aromatic rings. The van der Waals surface area contributed by atoms with Crippen LogP contribution in [0.4, 0.5) is 5.69 Å². The first-order chi connectivity index (χ1) is 16.2. The summed E-state index contributed by atoms with van der Waals surface area (Å²) in [7, 11) is 1.66. The van der Waals surface area contributed by atoms with Crippen LogP contribution in [0.1, 0.15) is 27.7 Å². The minimum Gasteiger partial charge on any atom is -0.497 e. The Hall–Kier alpha value is -3.61. The summed E-state index contributed by atoms with van der Waals surface area (Å²) in [6.07, 6.45) is 0. The number of carbonyl (C=O) groups excluding carboxylic acids is 1. The molecule has 33 heavy (non-hydrogen) atoms. The number of nitrogens with zero attached hydrogens (tertiary/aromatic N) is 1. The molecule has 168 valence electrons. The highest BCUT2D eigenvalue weighted by atomic mass is 16.5. The van der Waals surface area contributed by atoms with Gasteiger partial charge in [0.25, 0.3) is 5.91 Å². The van der Waals surface area contributed by atoms with Gasteiger partial charge in [-0.2, -0.15) is 0 Å². The Morgan fingerprint density at radius 2 is 1.64 bits per heavy atom. The SMILES string of the molecule is COc1ccc(C(c2oc3ccccc3c2NC(=O)c2ccccc2)N2CCOCC2)cc1. The maximum Gasteiger partial charge on any atom is 0.255 e. The molecule has 0 radical (unpaired) electrons. The normalized spacial score (nSPS) is 15.3. The lowest BCUT2D eigenvalue weighted by Crippen LogP contribution is -2.39. The zero-order valence-electron chi connectivity index (χ0n) is 18.5. The number of para-hydroxylation sites is 1. The second-order valence-corrected chi connectivity index (χ2v) is 7.98. The van der Waals surface area contributed by atoms with Crippen molar-refractivity contribution in [3.63, 3.8) is 0 Å². The average molecular weight is 443 g/mol. The van der Waals surface area contributed by atoms with Gasteiger partial charge in [0.1, 0.15) is 17.1 Å². The minimum atomic E-state index is -0.182. The standard InChI is InChI=1S/C27H26N2O4/c1-31-21-13-11-19(12-14-21)25(29-15-17-32-18-16-29)26-24(22-9-5-6-10-23(22)33-26)28-27(30)20-7-3-2-4-8-20/h2-14,25H,15-18H2,1H3,(H,28,30). The summed E-state index contributed by atoms with van der Waals surface area (Å²) in [4.78, 5) is 15.5. The molecule has 2 heterocycles. The van der Waals surface area contributed by atoms with Crippen LogP contribution in [-0.2, 0) is 4.74 Å². The predicted octanol–water partition coefficient (Wildman–Crippen LogP) is 5.12. The second kappa shape index (κ2) is 9.48. The van der Waals surface area contributed by atoms with Gasteiger partial charge in [0.15, 0.2) is 0 Å². The monoisotopic (exact) mass is 442 g/mol. The van der Waals surface area contributed by atoms with Crippen molar-refractivity contribution in [2.75, 3.05) is 38.7 Å². The maximum atomic E-state index is 13.1. The third kappa shape index (κ3) is 4.35. The van der Waals surface area contributed by atoms with Crippen LogP contribution < -0.4 is 10.1 Å². The Labute approximate surface area is 192 Å². The van der Waals surface area contributed by atoms with Crippen LogP contribution in [0.5, 0.6) is 5.75 Å². The zero-order valence-corrected chi connectivity index (χ0v) is 18.5. The van der Waals surface area contributed by atoms with E-state index in [1.54, 1.807) is 19.2 Å². The predicted molar refractivity (Wildman–Crippen MR) is 128 cm³/mol. The van der Waals surface area contributed by atoms with Crippen LogP contribution in [0, 0.1) is 0 Å². The lowest BCUT2D eigenvalue weighted by molar-refractivity contribution is 0.0206. The number of fused-ring (bicyclic) bond motifs is 1. The molecule has 0 bridgehead atoms. The highest BCUT2D eigenvalue weighted by molar-refractivity contribution is 6.09. The van der Waals surface area contributed by atoms with Gasteiger partial charge in [0, 0.05) is 24.0 Å². The molecular weight excluding hydrogens is 416 g/mol. The summed E-state index contributed by atoms with van der Waals surface area (Å²) in [5.41, 5.74) is 3.10. The molecule has 1 aromatic heterocycles. The van der Waals surface area contributed by atoms with Crippen molar-refractivity contribution in [1.82, 2.24) is 4.90 Å². The molecule has 1 N–H and O–H groups in total. The first-order valence-corrected chi connectivity index (χ1v) is 11.1. The van der Waals surface area contributed by atoms with Crippen LogP contribution in [0.15, 0.2) is 83.3 Å². The number of hydrogen-bond donors (Lipinski definition) is 1. The topological polar surface area (TPSA) is 63.9 Å². The number of ether oxygens (including phenoxy) is 2. The van der Waals surface area contributed by atoms with Crippen LogP contribution in [0.25, 0.3) is 11.0 Å². The van der Waals surface area contributed by atoms with E-state index in [-0.39, 0.29) is 11.9 Å². The molecule has 1 fully saturated rings. The third-order valence-electron chi connectivity index (χ3n) is 5.99. The highest BCUT2D eigenvalue weighted by Gasteiger charge is 2.31. The first kappa shape index (κ1) is 21.2. The molecular formula is C27H26N2O4. The van der Waals surface area contributed by atoms with Gasteiger partial charge in [-0.1, -0.05) is 42.5 Å². The van der Waals surface area contributed by atoms with E-state index in [9.17, 15) is 4.79 Å². The number of furan rings is 1. The summed E-state index contributed by atoms with van der Waals surface area (Å²) in [6, 6.07) is 24.9. The van der Waals surface area contributed by atoms with Gasteiger partial charge in [0.05, 0.1) is 32.1 Å². The molecule has 1 atom stereocenters. The van der Waals surface area contributed by atoms with E-state index in [1.165, 1.54) is 0 Å². The van der Waals surface area contributed by atoms with Crippen molar-refractivity contribution in [3.05, 3.63) is 95.7 Å². The Kier molecular flexibility index (Phi) is 6.11. The highest BCUT2D eigenvalue weighted by Crippen LogP contribution is 2.41.